The van der Waals surface area contributed by atoms with Gasteiger partial charge in [0.1, 0.15) is 0 Å². The molecule has 10 heteroatoms. The van der Waals surface area contributed by atoms with Gasteiger partial charge in [0.2, 0.25) is 0 Å². The predicted molar refractivity (Wildman–Crippen MR) is 58.3 cm³/mol. The summed E-state index contributed by atoms with van der Waals surface area (Å²) in [6, 6.07) is 2.69. The van der Waals surface area contributed by atoms with Crippen molar-refractivity contribution < 1.29 is 18.3 Å². The Labute approximate surface area is 97.4 Å². The van der Waals surface area contributed by atoms with Gasteiger partial charge in [0.05, 0.1) is 16.5 Å². The molecule has 18 heavy (non-hydrogen) atoms. The SMILES string of the molecule is Nc1c2ccc3c(=O)n4n(c(=O)c13)OP(=O)(O2)O4. The Morgan fingerprint density at radius 3 is 2.50 bits per heavy atom. The van der Waals surface area contributed by atoms with Crippen molar-refractivity contribution in [3.05, 3.63) is 32.8 Å². The highest BCUT2D eigenvalue weighted by atomic mass is 31.2. The van der Waals surface area contributed by atoms with E-state index in [9.17, 15) is 14.2 Å². The van der Waals surface area contributed by atoms with Crippen molar-refractivity contribution in [3.8, 4) is 5.75 Å². The molecule has 0 radical (unpaired) electrons. The van der Waals surface area contributed by atoms with Crippen molar-refractivity contribution in [2.24, 2.45) is 0 Å². The molecule has 2 aliphatic heterocycles. The molecule has 1 unspecified atom stereocenters. The molecule has 0 fully saturated rings. The lowest BCUT2D eigenvalue weighted by Crippen LogP contribution is -2.38. The van der Waals surface area contributed by atoms with E-state index in [0.29, 0.717) is 9.69 Å². The molecule has 2 aromatic rings. The standard InChI is InChI=1S/C8H4N3O6P/c9-6-4-2-1-3-5(6)8(13)11-10(7(3)12)16-18(14,15-4)17-11/h1-2H,9H2. The van der Waals surface area contributed by atoms with Crippen molar-refractivity contribution in [2.45, 2.75) is 0 Å². The molecule has 1 aromatic carbocycles. The zero-order valence-electron chi connectivity index (χ0n) is 8.52. The van der Waals surface area contributed by atoms with E-state index in [1.54, 1.807) is 0 Å². The van der Waals surface area contributed by atoms with Crippen LogP contribution in [0, 0.1) is 0 Å². The van der Waals surface area contributed by atoms with Crippen molar-refractivity contribution in [1.82, 2.24) is 9.69 Å². The molecule has 0 saturated heterocycles. The second kappa shape index (κ2) is 2.54. The van der Waals surface area contributed by atoms with Gasteiger partial charge in [0.25, 0.3) is 0 Å². The molecule has 2 aliphatic rings. The second-order valence-electron chi connectivity index (χ2n) is 3.76. The number of nitrogens with two attached hydrogens (primary N) is 1. The zero-order chi connectivity index (χ0) is 12.7. The Bertz CT molecular complexity index is 896. The quantitative estimate of drug-likeness (QED) is 0.487. The van der Waals surface area contributed by atoms with Gasteiger partial charge in [-0.2, -0.15) is 4.57 Å². The largest absolute Gasteiger partial charge is 0.689 e. The first-order valence-electron chi connectivity index (χ1n) is 4.80. The third kappa shape index (κ3) is 0.876. The van der Waals surface area contributed by atoms with Crippen LogP contribution in [-0.2, 0) is 4.57 Å². The molecule has 1 aromatic heterocycles. The monoisotopic (exact) mass is 269 g/mol. The van der Waals surface area contributed by atoms with Crippen LogP contribution < -0.4 is 30.6 Å². The number of hydrogen-bond donors (Lipinski definition) is 1. The number of aromatic nitrogens is 2. The van der Waals surface area contributed by atoms with Gasteiger partial charge in [-0.1, -0.05) is 0 Å². The lowest BCUT2D eigenvalue weighted by molar-refractivity contribution is 0.156. The number of anilines is 1. The summed E-state index contributed by atoms with van der Waals surface area (Å²) in [5.74, 6) is -0.0263. The molecule has 2 N–H and O–H groups in total. The lowest BCUT2D eigenvalue weighted by atomic mass is 10.1. The molecule has 3 heterocycles. The van der Waals surface area contributed by atoms with E-state index >= 15 is 0 Å². The number of phosphoric acid groups is 1. The van der Waals surface area contributed by atoms with Gasteiger partial charge in [-0.25, -0.2) is 0 Å². The van der Waals surface area contributed by atoms with Crippen LogP contribution in [0.5, 0.6) is 5.75 Å². The minimum Gasteiger partial charge on any atom is -0.395 e. The summed E-state index contributed by atoms with van der Waals surface area (Å²) in [6.45, 7) is 0. The van der Waals surface area contributed by atoms with E-state index in [4.69, 9.17) is 19.5 Å². The van der Waals surface area contributed by atoms with Gasteiger partial charge < -0.3 is 10.3 Å². The Kier molecular flexibility index (Phi) is 1.35. The van der Waals surface area contributed by atoms with Gasteiger partial charge in [0, 0.05) is 0 Å². The minimum atomic E-state index is -4.10. The average Bonchev–Trinajstić information content (AvgIpc) is 2.69. The van der Waals surface area contributed by atoms with Crippen LogP contribution in [0.2, 0.25) is 0 Å². The highest BCUT2D eigenvalue weighted by Crippen LogP contribution is 2.48. The number of nitrogen functional groups attached to an aromatic ring is 1. The molecule has 0 amide bonds. The van der Waals surface area contributed by atoms with E-state index in [0.717, 1.165) is 0 Å². The molecule has 4 bridgehead atoms. The number of nitrogens with zero attached hydrogens (tertiary/aromatic N) is 2. The molecule has 0 spiro atoms. The van der Waals surface area contributed by atoms with Crippen LogP contribution in [0.4, 0.5) is 5.69 Å². The third-order valence-electron chi connectivity index (χ3n) is 2.73. The van der Waals surface area contributed by atoms with Crippen LogP contribution in [-0.4, -0.2) is 9.69 Å². The zero-order valence-corrected chi connectivity index (χ0v) is 9.42. The number of benzene rings is 1. The van der Waals surface area contributed by atoms with E-state index in [1.807, 2.05) is 0 Å². The molecular formula is C8H4N3O6P. The normalized spacial score (nSPS) is 22.7. The summed E-state index contributed by atoms with van der Waals surface area (Å²) in [5, 5.41) is -0.00875. The summed E-state index contributed by atoms with van der Waals surface area (Å²) in [4.78, 5) is 25.0. The van der Waals surface area contributed by atoms with E-state index in [2.05, 4.69) is 0 Å². The molecule has 0 aliphatic carbocycles. The van der Waals surface area contributed by atoms with Gasteiger partial charge in [-0.05, 0) is 21.8 Å². The summed E-state index contributed by atoms with van der Waals surface area (Å²) < 4.78 is 26.6. The molecule has 1 atom stereocenters. The lowest BCUT2D eigenvalue weighted by Gasteiger charge is -2.12. The Morgan fingerprint density at radius 2 is 1.78 bits per heavy atom. The van der Waals surface area contributed by atoms with Crippen molar-refractivity contribution >= 4 is 24.3 Å². The Balaban J connectivity index is 2.44. The van der Waals surface area contributed by atoms with Crippen LogP contribution in [0.15, 0.2) is 21.7 Å². The summed E-state index contributed by atoms with van der Waals surface area (Å²) >= 11 is 0. The smallest absolute Gasteiger partial charge is 0.395 e. The topological polar surface area (TPSA) is 115 Å². The molecule has 0 saturated carbocycles. The molecule has 92 valence electrons. The maximum absolute atomic E-state index is 12.0. The predicted octanol–water partition coefficient (Wildman–Crippen LogP) is -0.883. The van der Waals surface area contributed by atoms with Crippen LogP contribution in [0.3, 0.4) is 0 Å². The average molecular weight is 269 g/mol. The first-order valence-corrected chi connectivity index (χ1v) is 6.26. The number of fused-ring (bicyclic) bond motifs is 2. The maximum atomic E-state index is 12.0. The summed E-state index contributed by atoms with van der Waals surface area (Å²) in [5.41, 5.74) is 4.23. The summed E-state index contributed by atoms with van der Waals surface area (Å²) in [6.07, 6.45) is 0. The molecule has 9 nitrogen and oxygen atoms in total. The molecular weight excluding hydrogens is 265 g/mol. The Hall–Kier alpha value is -2.41. The highest BCUT2D eigenvalue weighted by molar-refractivity contribution is 7.49. The fourth-order valence-electron chi connectivity index (χ4n) is 1.95. The number of rotatable bonds is 0. The van der Waals surface area contributed by atoms with Gasteiger partial charge >= 0.3 is 18.9 Å². The third-order valence-corrected chi connectivity index (χ3v) is 3.86. The van der Waals surface area contributed by atoms with Crippen molar-refractivity contribution in [3.63, 3.8) is 0 Å². The maximum Gasteiger partial charge on any atom is 0.689 e. The second-order valence-corrected chi connectivity index (χ2v) is 5.16. The Morgan fingerprint density at radius 1 is 1.11 bits per heavy atom. The first kappa shape index (κ1) is 9.60. The minimum absolute atomic E-state index is 0.0263. The van der Waals surface area contributed by atoms with E-state index in [1.165, 1.54) is 12.1 Å². The fourth-order valence-corrected chi connectivity index (χ4v) is 3.11. The number of hydrogen-bond acceptors (Lipinski definition) is 7. The highest BCUT2D eigenvalue weighted by Gasteiger charge is 2.46. The van der Waals surface area contributed by atoms with Crippen LogP contribution in [0.1, 0.15) is 0 Å². The van der Waals surface area contributed by atoms with Gasteiger partial charge in [0.15, 0.2) is 5.75 Å². The fraction of sp³-hybridized carbons (Fsp3) is 0. The van der Waals surface area contributed by atoms with Crippen LogP contribution >= 0.6 is 7.82 Å². The molecule has 4 rings (SSSR count). The van der Waals surface area contributed by atoms with Crippen molar-refractivity contribution in [1.29, 1.82) is 0 Å². The van der Waals surface area contributed by atoms with E-state index < -0.39 is 18.9 Å². The van der Waals surface area contributed by atoms with Crippen LogP contribution in [0.25, 0.3) is 10.8 Å². The first-order chi connectivity index (χ1) is 8.50. The van der Waals surface area contributed by atoms with Crippen molar-refractivity contribution in [2.75, 3.05) is 5.73 Å². The van der Waals surface area contributed by atoms with Gasteiger partial charge in [-0.15, -0.1) is 0 Å². The van der Waals surface area contributed by atoms with Gasteiger partial charge in [-0.3, -0.25) is 18.8 Å². The summed E-state index contributed by atoms with van der Waals surface area (Å²) in [7, 11) is -4.10. The van der Waals surface area contributed by atoms with E-state index in [-0.39, 0.29) is 22.2 Å².